The Kier molecular flexibility index (Phi) is 5.77. The molecule has 0 atom stereocenters. The van der Waals surface area contributed by atoms with E-state index < -0.39 is 22.5 Å². The first-order valence-electron chi connectivity index (χ1n) is 9.59. The summed E-state index contributed by atoms with van der Waals surface area (Å²) < 4.78 is 37.1. The molecule has 0 fully saturated rings. The Hall–Kier alpha value is -3.59. The maximum atomic E-state index is 12.5. The van der Waals surface area contributed by atoms with E-state index in [9.17, 15) is 13.2 Å². The van der Waals surface area contributed by atoms with Gasteiger partial charge in [-0.3, -0.25) is 9.10 Å². The number of hydrazone groups is 1. The van der Waals surface area contributed by atoms with Gasteiger partial charge >= 0.3 is 0 Å². The Morgan fingerprint density at radius 2 is 1.81 bits per heavy atom. The number of sulfonamides is 1. The zero-order valence-corrected chi connectivity index (χ0v) is 17.6. The number of benzene rings is 3. The van der Waals surface area contributed by atoms with Crippen molar-refractivity contribution in [2.24, 2.45) is 5.10 Å². The molecule has 0 aliphatic carbocycles. The third-order valence-electron chi connectivity index (χ3n) is 4.71. The molecule has 3 aromatic rings. The van der Waals surface area contributed by atoms with Crippen LogP contribution in [0.2, 0.25) is 0 Å². The normalized spacial score (nSPS) is 13.3. The van der Waals surface area contributed by atoms with Gasteiger partial charge in [0.2, 0.25) is 10.0 Å². The number of ether oxygens (including phenoxy) is 2. The van der Waals surface area contributed by atoms with Crippen molar-refractivity contribution < 1.29 is 22.7 Å². The van der Waals surface area contributed by atoms with E-state index in [0.717, 1.165) is 21.3 Å². The molecule has 0 spiro atoms. The summed E-state index contributed by atoms with van der Waals surface area (Å²) in [6.07, 6.45) is 2.51. The lowest BCUT2D eigenvalue weighted by atomic mass is 10.1. The summed E-state index contributed by atoms with van der Waals surface area (Å²) in [6.45, 7) is 0.495. The summed E-state index contributed by atoms with van der Waals surface area (Å²) in [5.41, 5.74) is 3.46. The van der Waals surface area contributed by atoms with E-state index in [0.29, 0.717) is 36.0 Å². The fraction of sp³-hybridized carbons (Fsp3) is 0.182. The number of rotatable bonds is 6. The molecule has 0 saturated heterocycles. The highest BCUT2D eigenvalue weighted by atomic mass is 32.2. The van der Waals surface area contributed by atoms with Crippen LogP contribution in [-0.4, -0.2) is 46.6 Å². The monoisotopic (exact) mass is 439 g/mol. The van der Waals surface area contributed by atoms with E-state index in [2.05, 4.69) is 10.5 Å². The van der Waals surface area contributed by atoms with Crippen molar-refractivity contribution in [1.82, 2.24) is 5.43 Å². The Bertz CT molecular complexity index is 1250. The highest BCUT2D eigenvalue weighted by Gasteiger charge is 2.22. The first kappa shape index (κ1) is 20.7. The van der Waals surface area contributed by atoms with Gasteiger partial charge in [0.05, 0.1) is 18.2 Å². The van der Waals surface area contributed by atoms with Crippen molar-refractivity contribution in [3.63, 3.8) is 0 Å². The number of anilines is 1. The van der Waals surface area contributed by atoms with Gasteiger partial charge in [0.15, 0.2) is 11.5 Å². The van der Waals surface area contributed by atoms with Gasteiger partial charge in [0, 0.05) is 10.9 Å². The van der Waals surface area contributed by atoms with Gasteiger partial charge in [-0.15, -0.1) is 0 Å². The number of fused-ring (bicyclic) bond motifs is 2. The summed E-state index contributed by atoms with van der Waals surface area (Å²) in [5, 5.41) is 5.57. The molecule has 0 unspecified atom stereocenters. The molecule has 9 heteroatoms. The average molecular weight is 439 g/mol. The van der Waals surface area contributed by atoms with E-state index in [-0.39, 0.29) is 0 Å². The lowest BCUT2D eigenvalue weighted by Crippen LogP contribution is -2.39. The van der Waals surface area contributed by atoms with Crippen LogP contribution in [0.5, 0.6) is 11.5 Å². The number of carbonyl (C=O) groups is 1. The van der Waals surface area contributed by atoms with E-state index in [4.69, 9.17) is 9.47 Å². The fourth-order valence-corrected chi connectivity index (χ4v) is 4.21. The summed E-state index contributed by atoms with van der Waals surface area (Å²) in [6, 6.07) is 18.1. The van der Waals surface area contributed by atoms with Crippen LogP contribution in [0.25, 0.3) is 10.8 Å². The SMILES string of the molecule is CS(=O)(=O)N(CC(=O)N/N=C/c1cccc2c1OCCO2)c1cccc2ccccc12. The van der Waals surface area contributed by atoms with E-state index >= 15 is 0 Å². The van der Waals surface area contributed by atoms with Crippen LogP contribution in [0, 0.1) is 0 Å². The molecule has 4 rings (SSSR count). The molecule has 1 aliphatic heterocycles. The lowest BCUT2D eigenvalue weighted by molar-refractivity contribution is -0.119. The zero-order valence-electron chi connectivity index (χ0n) is 16.8. The van der Waals surface area contributed by atoms with Crippen LogP contribution in [0.1, 0.15) is 5.56 Å². The summed E-state index contributed by atoms with van der Waals surface area (Å²) >= 11 is 0. The maximum absolute atomic E-state index is 12.5. The van der Waals surface area contributed by atoms with Crippen LogP contribution in [-0.2, 0) is 14.8 Å². The molecule has 31 heavy (non-hydrogen) atoms. The third kappa shape index (κ3) is 4.61. The number of hydrogen-bond acceptors (Lipinski definition) is 6. The second-order valence-corrected chi connectivity index (χ2v) is 8.84. The molecular formula is C22H21N3O5S. The smallest absolute Gasteiger partial charge is 0.260 e. The molecule has 8 nitrogen and oxygen atoms in total. The van der Waals surface area contributed by atoms with Crippen LogP contribution in [0.15, 0.2) is 65.8 Å². The Labute approximate surface area is 180 Å². The predicted molar refractivity (Wildman–Crippen MR) is 119 cm³/mol. The van der Waals surface area contributed by atoms with E-state index in [1.165, 1.54) is 6.21 Å². The van der Waals surface area contributed by atoms with Crippen molar-refractivity contribution in [3.8, 4) is 11.5 Å². The first-order chi connectivity index (χ1) is 14.9. The first-order valence-corrected chi connectivity index (χ1v) is 11.4. The predicted octanol–water partition coefficient (Wildman–Crippen LogP) is 2.53. The van der Waals surface area contributed by atoms with Crippen LogP contribution in [0.4, 0.5) is 5.69 Å². The molecule has 1 N–H and O–H groups in total. The van der Waals surface area contributed by atoms with Gasteiger partial charge in [-0.1, -0.05) is 42.5 Å². The lowest BCUT2D eigenvalue weighted by Gasteiger charge is -2.23. The van der Waals surface area contributed by atoms with Gasteiger partial charge in [-0.25, -0.2) is 13.8 Å². The largest absolute Gasteiger partial charge is 0.486 e. The minimum Gasteiger partial charge on any atom is -0.486 e. The molecule has 3 aromatic carbocycles. The van der Waals surface area contributed by atoms with E-state index in [1.807, 2.05) is 30.3 Å². The van der Waals surface area contributed by atoms with Crippen molar-refractivity contribution in [2.75, 3.05) is 30.3 Å². The van der Waals surface area contributed by atoms with Gasteiger partial charge in [0.25, 0.3) is 5.91 Å². The quantitative estimate of drug-likeness (QED) is 0.470. The van der Waals surface area contributed by atoms with Crippen LogP contribution < -0.4 is 19.2 Å². The number of carbonyl (C=O) groups excluding carboxylic acids is 1. The molecule has 0 saturated carbocycles. The van der Waals surface area contributed by atoms with Crippen molar-refractivity contribution >= 4 is 38.6 Å². The molecule has 160 valence electrons. The topological polar surface area (TPSA) is 97.3 Å². The van der Waals surface area contributed by atoms with Crippen molar-refractivity contribution in [3.05, 3.63) is 66.2 Å². The number of amides is 1. The molecule has 1 aliphatic rings. The standard InChI is InChI=1S/C22H21N3O5S/c1-31(27,28)25(19-10-4-7-16-6-2-3-9-18(16)19)15-21(26)24-23-14-17-8-5-11-20-22(17)30-13-12-29-20/h2-11,14H,12-13,15H2,1H3,(H,24,26)/b23-14+. The molecular weight excluding hydrogens is 418 g/mol. The summed E-state index contributed by atoms with van der Waals surface area (Å²) in [7, 11) is -3.71. The van der Waals surface area contributed by atoms with Crippen LogP contribution in [0.3, 0.4) is 0 Å². The number of hydrogen-bond donors (Lipinski definition) is 1. The molecule has 0 aromatic heterocycles. The second-order valence-electron chi connectivity index (χ2n) is 6.93. The average Bonchev–Trinajstić information content (AvgIpc) is 2.76. The molecule has 0 radical (unpaired) electrons. The van der Waals surface area contributed by atoms with E-state index in [1.54, 1.807) is 30.3 Å². The van der Waals surface area contributed by atoms with Gasteiger partial charge in [-0.05, 0) is 23.6 Å². The number of para-hydroxylation sites is 1. The van der Waals surface area contributed by atoms with Crippen molar-refractivity contribution in [2.45, 2.75) is 0 Å². The zero-order chi connectivity index (χ0) is 21.8. The molecule has 1 amide bonds. The molecule has 1 heterocycles. The summed E-state index contributed by atoms with van der Waals surface area (Å²) in [5.74, 6) is 0.595. The fourth-order valence-electron chi connectivity index (χ4n) is 3.34. The van der Waals surface area contributed by atoms with Gasteiger partial charge < -0.3 is 9.47 Å². The number of nitrogens with zero attached hydrogens (tertiary/aromatic N) is 2. The highest BCUT2D eigenvalue weighted by Crippen LogP contribution is 2.32. The Morgan fingerprint density at radius 1 is 1.06 bits per heavy atom. The Balaban J connectivity index is 1.53. The van der Waals surface area contributed by atoms with Crippen molar-refractivity contribution in [1.29, 1.82) is 0 Å². The number of nitrogens with one attached hydrogen (secondary N) is 1. The molecule has 0 bridgehead atoms. The van der Waals surface area contributed by atoms with Gasteiger partial charge in [0.1, 0.15) is 19.8 Å². The van der Waals surface area contributed by atoms with Gasteiger partial charge in [-0.2, -0.15) is 5.10 Å². The maximum Gasteiger partial charge on any atom is 0.260 e. The second kappa shape index (κ2) is 8.65. The third-order valence-corrected chi connectivity index (χ3v) is 5.84. The minimum absolute atomic E-state index is 0.406. The Morgan fingerprint density at radius 3 is 2.65 bits per heavy atom. The summed E-state index contributed by atoms with van der Waals surface area (Å²) in [4.78, 5) is 12.5. The highest BCUT2D eigenvalue weighted by molar-refractivity contribution is 7.92. The van der Waals surface area contributed by atoms with Crippen LogP contribution >= 0.6 is 0 Å². The minimum atomic E-state index is -3.71.